The van der Waals surface area contributed by atoms with Gasteiger partial charge in [0.15, 0.2) is 6.61 Å². The normalized spacial score (nSPS) is 9.76. The molecule has 0 heterocycles. The molecule has 0 bridgehead atoms. The van der Waals surface area contributed by atoms with E-state index >= 15 is 0 Å². The van der Waals surface area contributed by atoms with Gasteiger partial charge in [0.25, 0.3) is 5.91 Å². The van der Waals surface area contributed by atoms with Crippen molar-refractivity contribution in [3.8, 4) is 5.75 Å². The van der Waals surface area contributed by atoms with Gasteiger partial charge in [-0.25, -0.2) is 0 Å². The Morgan fingerprint density at radius 3 is 2.71 bits per heavy atom. The van der Waals surface area contributed by atoms with Crippen molar-refractivity contribution in [2.75, 3.05) is 13.2 Å². The van der Waals surface area contributed by atoms with Crippen LogP contribution in [0, 0.1) is 13.8 Å². The topological polar surface area (TPSA) is 78.5 Å². The summed E-state index contributed by atoms with van der Waals surface area (Å²) in [7, 11) is 0. The van der Waals surface area contributed by atoms with Crippen molar-refractivity contribution in [2.45, 2.75) is 13.8 Å². The third-order valence-corrected chi connectivity index (χ3v) is 2.34. The summed E-state index contributed by atoms with van der Waals surface area (Å²) in [5.74, 6) is -1.20. The quantitative estimate of drug-likeness (QED) is 0.751. The Labute approximate surface area is 99.4 Å². The van der Waals surface area contributed by atoms with Crippen LogP contribution in [0.5, 0.6) is 5.75 Å². The number of aliphatic carboxylic acids is 1. The third kappa shape index (κ3) is 4.14. The van der Waals surface area contributed by atoms with Gasteiger partial charge in [0.1, 0.15) is 5.75 Å². The number of benzene rings is 1. The summed E-state index contributed by atoms with van der Waals surface area (Å²) in [5, 5.41) is 12.3. The fourth-order valence-corrected chi connectivity index (χ4v) is 1.25. The van der Waals surface area contributed by atoms with E-state index in [-0.39, 0.29) is 6.61 Å². The first-order chi connectivity index (χ1) is 8.00. The minimum atomic E-state index is -1.33. The molecule has 0 saturated heterocycles. The Balaban J connectivity index is 2.47. The molecule has 0 aliphatic rings. The fraction of sp³-hybridized carbons (Fsp3) is 0.333. The van der Waals surface area contributed by atoms with Gasteiger partial charge in [-0.1, -0.05) is 12.1 Å². The largest absolute Gasteiger partial charge is 0.548 e. The molecule has 5 nitrogen and oxygen atoms in total. The van der Waals surface area contributed by atoms with E-state index in [1.165, 1.54) is 0 Å². The minimum absolute atomic E-state index is 0.211. The zero-order chi connectivity index (χ0) is 12.8. The van der Waals surface area contributed by atoms with E-state index in [2.05, 4.69) is 5.32 Å². The van der Waals surface area contributed by atoms with E-state index in [1.54, 1.807) is 6.07 Å². The second kappa shape index (κ2) is 5.89. The van der Waals surface area contributed by atoms with Crippen LogP contribution in [-0.2, 0) is 9.59 Å². The predicted molar refractivity (Wildman–Crippen MR) is 59.4 cm³/mol. The van der Waals surface area contributed by atoms with Gasteiger partial charge in [0, 0.05) is 0 Å². The molecule has 0 saturated carbocycles. The van der Waals surface area contributed by atoms with E-state index in [0.717, 1.165) is 11.1 Å². The smallest absolute Gasteiger partial charge is 0.258 e. The predicted octanol–water partition coefficient (Wildman–Crippen LogP) is -0.452. The summed E-state index contributed by atoms with van der Waals surface area (Å²) in [5.41, 5.74) is 2.03. The van der Waals surface area contributed by atoms with Gasteiger partial charge >= 0.3 is 0 Å². The molecule has 17 heavy (non-hydrogen) atoms. The third-order valence-electron chi connectivity index (χ3n) is 2.34. The highest BCUT2D eigenvalue weighted by atomic mass is 16.5. The molecular weight excluding hydrogens is 222 g/mol. The molecule has 0 atom stereocenters. The first-order valence-electron chi connectivity index (χ1n) is 5.16. The molecule has 1 rings (SSSR count). The number of carbonyl (C=O) groups excluding carboxylic acids is 2. The number of carboxylic acid groups (broad SMARTS) is 1. The lowest BCUT2D eigenvalue weighted by Crippen LogP contribution is -2.39. The Hall–Kier alpha value is -2.04. The molecule has 0 radical (unpaired) electrons. The van der Waals surface area contributed by atoms with Crippen molar-refractivity contribution < 1.29 is 19.4 Å². The van der Waals surface area contributed by atoms with Crippen LogP contribution in [0.1, 0.15) is 11.1 Å². The summed E-state index contributed by atoms with van der Waals surface area (Å²) in [6.07, 6.45) is 0. The standard InChI is InChI=1S/C12H15NO4/c1-8-4-3-5-10(9(8)2)17-7-11(14)13-6-12(15)16/h3-5H,6-7H2,1-2H3,(H,13,14)(H,15,16)/p-1. The zero-order valence-electron chi connectivity index (χ0n) is 9.78. The van der Waals surface area contributed by atoms with Gasteiger partial charge in [-0.2, -0.15) is 0 Å². The Kier molecular flexibility index (Phi) is 4.51. The van der Waals surface area contributed by atoms with Crippen LogP contribution in [-0.4, -0.2) is 25.0 Å². The van der Waals surface area contributed by atoms with E-state index < -0.39 is 18.4 Å². The Morgan fingerprint density at radius 2 is 2.06 bits per heavy atom. The minimum Gasteiger partial charge on any atom is -0.548 e. The molecule has 0 fully saturated rings. The van der Waals surface area contributed by atoms with Gasteiger partial charge in [-0.3, -0.25) is 4.79 Å². The molecule has 0 spiro atoms. The number of aryl methyl sites for hydroxylation is 1. The second-order valence-electron chi connectivity index (χ2n) is 3.64. The number of carboxylic acids is 1. The van der Waals surface area contributed by atoms with Crippen molar-refractivity contribution >= 4 is 11.9 Å². The molecular formula is C12H14NO4-. The number of hydrogen-bond acceptors (Lipinski definition) is 4. The van der Waals surface area contributed by atoms with E-state index in [0.29, 0.717) is 5.75 Å². The van der Waals surface area contributed by atoms with Crippen LogP contribution in [0.25, 0.3) is 0 Å². The average Bonchev–Trinajstić information content (AvgIpc) is 2.28. The van der Waals surface area contributed by atoms with Gasteiger partial charge in [0.05, 0.1) is 12.5 Å². The number of rotatable bonds is 5. The number of ether oxygens (including phenoxy) is 1. The second-order valence-corrected chi connectivity index (χ2v) is 3.64. The maximum atomic E-state index is 11.2. The lowest BCUT2D eigenvalue weighted by Gasteiger charge is -2.11. The molecule has 0 aliphatic carbocycles. The first-order valence-corrected chi connectivity index (χ1v) is 5.16. The summed E-state index contributed by atoms with van der Waals surface area (Å²) in [6, 6.07) is 5.53. The number of nitrogens with one attached hydrogen (secondary N) is 1. The maximum absolute atomic E-state index is 11.2. The summed E-state index contributed by atoms with van der Waals surface area (Å²) in [6.45, 7) is 3.12. The van der Waals surface area contributed by atoms with Gasteiger partial charge < -0.3 is 20.0 Å². The Morgan fingerprint density at radius 1 is 1.35 bits per heavy atom. The molecule has 1 amide bonds. The summed E-state index contributed by atoms with van der Waals surface area (Å²) >= 11 is 0. The SMILES string of the molecule is Cc1cccc(OCC(=O)NCC(=O)[O-])c1C. The van der Waals surface area contributed by atoms with Crippen molar-refractivity contribution in [3.05, 3.63) is 29.3 Å². The van der Waals surface area contributed by atoms with E-state index in [9.17, 15) is 14.7 Å². The monoisotopic (exact) mass is 236 g/mol. The van der Waals surface area contributed by atoms with Crippen molar-refractivity contribution in [2.24, 2.45) is 0 Å². The Bertz CT molecular complexity index is 429. The van der Waals surface area contributed by atoms with Gasteiger partial charge in [-0.15, -0.1) is 0 Å². The van der Waals surface area contributed by atoms with Crippen LogP contribution >= 0.6 is 0 Å². The van der Waals surface area contributed by atoms with Crippen LogP contribution in [0.15, 0.2) is 18.2 Å². The fourth-order valence-electron chi connectivity index (χ4n) is 1.25. The molecule has 1 aromatic rings. The van der Waals surface area contributed by atoms with Gasteiger partial charge in [0.2, 0.25) is 0 Å². The van der Waals surface area contributed by atoms with Crippen molar-refractivity contribution in [1.29, 1.82) is 0 Å². The highest BCUT2D eigenvalue weighted by molar-refractivity contribution is 5.81. The molecule has 92 valence electrons. The number of amides is 1. The molecule has 1 aromatic carbocycles. The molecule has 0 aromatic heterocycles. The van der Waals surface area contributed by atoms with Crippen LogP contribution in [0.2, 0.25) is 0 Å². The molecule has 0 aliphatic heterocycles. The van der Waals surface area contributed by atoms with E-state index in [4.69, 9.17) is 4.74 Å². The highest BCUT2D eigenvalue weighted by Gasteiger charge is 2.05. The van der Waals surface area contributed by atoms with Crippen molar-refractivity contribution in [1.82, 2.24) is 5.32 Å². The zero-order valence-corrected chi connectivity index (χ0v) is 9.78. The van der Waals surface area contributed by atoms with Crippen LogP contribution < -0.4 is 15.2 Å². The van der Waals surface area contributed by atoms with Crippen LogP contribution in [0.3, 0.4) is 0 Å². The molecule has 0 unspecified atom stereocenters. The average molecular weight is 236 g/mol. The first kappa shape index (κ1) is 13.0. The molecule has 5 heteroatoms. The van der Waals surface area contributed by atoms with Gasteiger partial charge in [-0.05, 0) is 31.0 Å². The maximum Gasteiger partial charge on any atom is 0.258 e. The number of hydrogen-bond donors (Lipinski definition) is 1. The van der Waals surface area contributed by atoms with E-state index in [1.807, 2.05) is 26.0 Å². The van der Waals surface area contributed by atoms with Crippen LogP contribution in [0.4, 0.5) is 0 Å². The molecule has 1 N–H and O–H groups in total. The number of carbonyl (C=O) groups is 2. The van der Waals surface area contributed by atoms with Crippen molar-refractivity contribution in [3.63, 3.8) is 0 Å². The summed E-state index contributed by atoms with van der Waals surface area (Å²) < 4.78 is 5.29. The lowest BCUT2D eigenvalue weighted by molar-refractivity contribution is -0.304. The summed E-state index contributed by atoms with van der Waals surface area (Å²) in [4.78, 5) is 21.3. The highest BCUT2D eigenvalue weighted by Crippen LogP contribution is 2.20. The lowest BCUT2D eigenvalue weighted by atomic mass is 10.1.